The Morgan fingerprint density at radius 3 is 1.14 bits per heavy atom. The Morgan fingerprint density at radius 1 is 0.469 bits per heavy atom. The van der Waals surface area contributed by atoms with E-state index in [1.165, 1.54) is 46.6 Å². The number of fused-ring (bicyclic) bond motifs is 5. The third kappa shape index (κ3) is 27.2. The van der Waals surface area contributed by atoms with Crippen LogP contribution in [0.15, 0.2) is 306 Å². The van der Waals surface area contributed by atoms with Gasteiger partial charge in [-0.3, -0.25) is 19.2 Å². The molecule has 8 aromatic carbocycles. The normalized spacial score (nSPS) is 11.8. The zero-order valence-corrected chi connectivity index (χ0v) is 91.9. The molecule has 18 aromatic rings. The van der Waals surface area contributed by atoms with Gasteiger partial charge in [0.2, 0.25) is 0 Å². The van der Waals surface area contributed by atoms with Crippen molar-refractivity contribution < 1.29 is 183 Å². The first-order valence-corrected chi connectivity index (χ1v) is 48.1. The first-order chi connectivity index (χ1) is 68.6. The number of hydrogen-bond acceptors (Lipinski definition) is 28. The molecular weight excluding hydrogens is 2040 g/mol. The van der Waals surface area contributed by atoms with E-state index in [0.717, 1.165) is 78.1 Å². The van der Waals surface area contributed by atoms with Crippen molar-refractivity contribution in [2.45, 2.75) is 81.8 Å². The largest absolute Gasteiger partial charge is 1.00 e. The van der Waals surface area contributed by atoms with Gasteiger partial charge in [-0.15, -0.1) is 0 Å². The van der Waals surface area contributed by atoms with Crippen molar-refractivity contribution in [2.75, 3.05) is 35.5 Å². The van der Waals surface area contributed by atoms with Gasteiger partial charge in [0.05, 0.1) is 89.3 Å². The molecule has 1 aliphatic heterocycles. The number of halogens is 1. The fourth-order valence-corrected chi connectivity index (χ4v) is 19.5. The van der Waals surface area contributed by atoms with Gasteiger partial charge in [-0.05, 0) is 250 Å². The molecule has 0 atom stereocenters. The van der Waals surface area contributed by atoms with E-state index in [4.69, 9.17) is 59.2 Å². The fourth-order valence-electron chi connectivity index (χ4n) is 14.9. The molecule has 35 nitrogen and oxygen atoms in total. The number of nitrogens with one attached hydrogen (secondary N) is 2. The maximum atomic E-state index is 13.3. The number of benzene rings is 8. The Morgan fingerprint density at radius 2 is 0.782 bits per heavy atom. The van der Waals surface area contributed by atoms with Crippen LogP contribution in [0.2, 0.25) is 0 Å². The van der Waals surface area contributed by atoms with Crippen molar-refractivity contribution in [2.24, 2.45) is 11.6 Å². The topological polar surface area (TPSA) is 512 Å². The number of methoxy groups -OCH3 is 5. The van der Waals surface area contributed by atoms with Gasteiger partial charge in [0.15, 0.2) is 29.5 Å². The minimum absolute atomic E-state index is 0. The average Bonchev–Trinajstić information content (AvgIpc) is 1.60. The molecule has 43 heteroatoms. The van der Waals surface area contributed by atoms with E-state index < -0.39 is 43.1 Å². The number of amides is 1. The van der Waals surface area contributed by atoms with Crippen molar-refractivity contribution in [3.63, 3.8) is 0 Å². The van der Waals surface area contributed by atoms with E-state index in [1.54, 1.807) is 202 Å². The molecule has 0 radical (unpaired) electrons. The number of primary amides is 1. The van der Waals surface area contributed by atoms with Crippen molar-refractivity contribution in [3.8, 4) is 85.4 Å². The number of aromatic amines is 2. The maximum absolute atomic E-state index is 13.3. The molecule has 0 saturated carbocycles. The molecule has 1 saturated heterocycles. The number of ether oxygens (including phenoxy) is 5. The molecule has 0 spiro atoms. The van der Waals surface area contributed by atoms with Gasteiger partial charge < -0.3 is 76.9 Å². The van der Waals surface area contributed by atoms with E-state index in [-0.39, 0.29) is 130 Å². The molecule has 1 amide bonds. The van der Waals surface area contributed by atoms with Crippen LogP contribution in [0.25, 0.3) is 105 Å². The first kappa shape index (κ1) is 119. The smallest absolute Gasteiger partial charge is 1.00 e. The zero-order valence-electron chi connectivity index (χ0n) is 82.8. The third-order valence-corrected chi connectivity index (χ3v) is 28.5. The number of aldehydes is 2. The summed E-state index contributed by atoms with van der Waals surface area (Å²) in [6.45, 7) is 13.5. The number of aromatic nitrogens is 10. The number of carbonyl (C=O) groups is 4. The number of carbonyl (C=O) groups excluding carboxylic acids is 4. The van der Waals surface area contributed by atoms with Crippen molar-refractivity contribution >= 4 is 139 Å². The summed E-state index contributed by atoms with van der Waals surface area (Å²) < 4.78 is 120. The summed E-state index contributed by atoms with van der Waals surface area (Å²) in [6.07, 6.45) is 18.0. The Bertz CT molecular complexity index is 8160. The number of H-pyrrole nitrogens is 2. The molecule has 1 aliphatic rings. The number of nitriles is 2. The van der Waals surface area contributed by atoms with Crippen molar-refractivity contribution in [3.05, 3.63) is 341 Å². The third-order valence-electron chi connectivity index (χ3n) is 22.8. The second kappa shape index (κ2) is 53.3. The monoisotopic (exact) mass is 2130 g/mol. The minimum Gasteiger partial charge on any atom is -1.00 e. The van der Waals surface area contributed by atoms with Gasteiger partial charge in [0.25, 0.3) is 42.4 Å². The average molecular weight is 2130 g/mol. The zero-order chi connectivity index (χ0) is 103. The Kier molecular flexibility index (Phi) is 43.1. The van der Waals surface area contributed by atoms with Crippen LogP contribution in [0.4, 0.5) is 0 Å². The first-order valence-electron chi connectivity index (χ1n) is 43.0. The van der Waals surface area contributed by atoms with E-state index in [9.17, 15) is 44.9 Å². The number of rotatable bonds is 20. The molecule has 0 bridgehead atoms. The van der Waals surface area contributed by atoms with Crippen LogP contribution in [0, 0.1) is 43.4 Å². The predicted molar refractivity (Wildman–Crippen MR) is 550 cm³/mol. The second-order valence-corrected chi connectivity index (χ2v) is 38.5. The van der Waals surface area contributed by atoms with E-state index in [1.807, 2.05) is 139 Å². The number of aryl methyl sites for hydroxylation is 3. The Labute approximate surface area is 925 Å². The molecule has 1 fully saturated rings. The summed E-state index contributed by atoms with van der Waals surface area (Å²) in [7, 11) is -4.17. The minimum atomic E-state index is -3.84. The Hall–Kier alpha value is -13.4. The number of nitrogens with zero attached hydrogens (tertiary/aromatic N) is 11. The summed E-state index contributed by atoms with van der Waals surface area (Å²) in [5, 5.41) is 38.1. The summed E-state index contributed by atoms with van der Waals surface area (Å²) in [5.74, 6) is 6.05. The van der Waals surface area contributed by atoms with Crippen LogP contribution >= 0.6 is 15.9 Å². The van der Waals surface area contributed by atoms with E-state index >= 15 is 0 Å². The van der Waals surface area contributed by atoms with Gasteiger partial charge in [0, 0.05) is 116 Å². The quantitative estimate of drug-likeness (QED) is 0.0157. The van der Waals surface area contributed by atoms with Crippen molar-refractivity contribution in [1.82, 2.24) is 46.8 Å². The summed E-state index contributed by atoms with van der Waals surface area (Å²) in [6, 6.07) is 69.5. The summed E-state index contributed by atoms with van der Waals surface area (Å²) in [5.41, 5.74) is 21.8. The van der Waals surface area contributed by atoms with Gasteiger partial charge in [-0.1, -0.05) is 90.8 Å². The van der Waals surface area contributed by atoms with Crippen LogP contribution in [0.3, 0.4) is 0 Å². The van der Waals surface area contributed by atoms with E-state index in [2.05, 4.69) is 73.7 Å². The molecule has 740 valence electrons. The van der Waals surface area contributed by atoms with Crippen LogP contribution in [0.5, 0.6) is 28.7 Å². The standard InChI is InChI=1S/C22H17N3O3S.C22H18N2O4S.C15H13N3O2.C15H11N3O.C14H19BO4.C14H11BrN2O2S.CH2O3.CH4.H3N2O.3Na.H/c1-15-5-8-18(9-6-15)29(26,27)25-14-20(19-4-3-11-24-22(19)25)16-7-10-21(28-2)17(12-16)13-23;1-15-5-8-18(9-6-15)29(26,27)24-13-20(19-4-3-11-23-22(19)24)16-7-10-21(28-2)17(12-16)14-25;1-20-13-5-4-9(7-11(13)14(16)19)12-8-18-15-10(12)3-2-6-17-15;1-19-14-5-4-10(7-11(14)8-16)13-9-18-15-12(13)3-2-6-17-15;1-13(2)14(3,4)19-15(18-13)11-6-7-12(17-5)10(8-11)9-16;1-10-4-6-11(7-5-10)20(18,19)17-9-13(15)12-3-2-8-16-14(12)17;2-1-4-3;;1-2-3;;;;/h3-12,14H,1-2H3;3-14H,1-2H3;2-8H,1H3,(H2,16,19)(H,17,18);2-7,9H,1H3,(H,17,18);6-9H,1-5H3;2-9H,1H3;1,3H;1H4;3H,1H2;;;;/q;;;;;;;;-1;3*+1;-1/p-1. The molecule has 19 rings (SSSR count). The number of hydrogen-bond donors (Lipinski definition) is 5. The second-order valence-electron chi connectivity index (χ2n) is 32.2. The maximum Gasteiger partial charge on any atom is 1.00 e. The molecule has 0 aliphatic carbocycles. The van der Waals surface area contributed by atoms with Gasteiger partial charge in [0.1, 0.15) is 52.2 Å². The summed E-state index contributed by atoms with van der Waals surface area (Å²) >= 11 is 3.37. The molecule has 7 N–H and O–H groups in total. The molecule has 147 heavy (non-hydrogen) atoms. The van der Waals surface area contributed by atoms with Crippen LogP contribution in [-0.2, 0) is 49.1 Å². The SMILES string of the molecule is C.COc1ccc(-c2c[nH]c3ncccc23)cc1C#N.COc1ccc(-c2c[nH]c3ncccc23)cc1C(N)=O.COc1ccc(-c2cn(S(=O)(=O)c3ccc(C)cc3)c3ncccc23)cc1C#N.COc1ccc(-c2cn(S(=O)(=O)c3ccc(C)cc3)c3ncccc23)cc1C=O.COc1ccc(B2OC(C)(C)C(C)(C)O2)cc1C=O.Cc1ccc(S(=O)(=O)n2cc(Br)c3cccnc32)cc1.N[N-]O.O=CO[O-].[H-].[Na+].[Na+].[Na+]. The molecule has 0 unspecified atom stereocenters. The van der Waals surface area contributed by atoms with Crippen LogP contribution in [0.1, 0.15) is 95.4 Å². The number of nitrogens with two attached hydrogens (primary N) is 2. The van der Waals surface area contributed by atoms with Crippen LogP contribution in [-0.4, -0.2) is 156 Å². The van der Waals surface area contributed by atoms with Gasteiger partial charge >= 0.3 is 95.8 Å². The van der Waals surface area contributed by atoms with Crippen LogP contribution < -0.4 is 135 Å². The van der Waals surface area contributed by atoms with Crippen molar-refractivity contribution in [1.29, 1.82) is 10.5 Å². The van der Waals surface area contributed by atoms with Gasteiger partial charge in [-0.25, -0.2) is 62.1 Å². The van der Waals surface area contributed by atoms with E-state index in [0.29, 0.717) is 117 Å². The molecular formula is C104H98BBrN15Na3O20S3. The van der Waals surface area contributed by atoms with Gasteiger partial charge in [-0.2, -0.15) is 10.5 Å². The predicted octanol–water partition coefficient (Wildman–Crippen LogP) is 8.62. The number of pyridine rings is 5. The summed E-state index contributed by atoms with van der Waals surface area (Å²) in [4.78, 5) is 73.3. The molecule has 11 heterocycles. The fraction of sp³-hybridized carbons (Fsp3) is 0.144. The molecule has 10 aromatic heterocycles. The Balaban J connectivity index is 0.000000238.